The molecule has 2 N–H and O–H groups in total. The van der Waals surface area contributed by atoms with Gasteiger partial charge in [-0.15, -0.1) is 0 Å². The molecular formula is C22H26FNO3. The Balaban J connectivity index is 1.95. The number of hydrogen-bond acceptors (Lipinski definition) is 2. The summed E-state index contributed by atoms with van der Waals surface area (Å²) in [6, 6.07) is 10.3. The molecule has 0 bridgehead atoms. The fraction of sp³-hybridized carbons (Fsp3) is 0.409. The van der Waals surface area contributed by atoms with Gasteiger partial charge < -0.3 is 15.2 Å². The lowest BCUT2D eigenvalue weighted by atomic mass is 9.85. The molecular weight excluding hydrogens is 345 g/mol. The maximum absolute atomic E-state index is 14.9. The third-order valence-corrected chi connectivity index (χ3v) is 4.82. The third-order valence-electron chi connectivity index (χ3n) is 4.82. The van der Waals surface area contributed by atoms with Crippen LogP contribution in [0.5, 0.6) is 5.75 Å². The molecule has 0 saturated carbocycles. The van der Waals surface area contributed by atoms with Crippen LogP contribution in [0.3, 0.4) is 0 Å². The second-order valence-corrected chi connectivity index (χ2v) is 8.82. The summed E-state index contributed by atoms with van der Waals surface area (Å²) in [5, 5.41) is 11.7. The van der Waals surface area contributed by atoms with Gasteiger partial charge in [0.2, 0.25) is 0 Å². The molecule has 1 aliphatic carbocycles. The summed E-state index contributed by atoms with van der Waals surface area (Å²) in [5.41, 5.74) is 2.38. The summed E-state index contributed by atoms with van der Waals surface area (Å²) in [6.45, 7) is 9.91. The number of halogens is 1. The summed E-state index contributed by atoms with van der Waals surface area (Å²) in [7, 11) is 0. The summed E-state index contributed by atoms with van der Waals surface area (Å²) in [4.78, 5) is 11.1. The fourth-order valence-electron chi connectivity index (χ4n) is 3.74. The summed E-state index contributed by atoms with van der Waals surface area (Å²) in [5.74, 6) is 0.382. The van der Waals surface area contributed by atoms with Crippen LogP contribution >= 0.6 is 0 Å². The van der Waals surface area contributed by atoms with E-state index < -0.39 is 12.1 Å². The first-order chi connectivity index (χ1) is 12.5. The topological polar surface area (TPSA) is 58.6 Å². The molecule has 0 unspecified atom stereocenters. The van der Waals surface area contributed by atoms with Crippen LogP contribution in [-0.2, 0) is 6.42 Å². The van der Waals surface area contributed by atoms with Gasteiger partial charge in [-0.1, -0.05) is 26.0 Å². The van der Waals surface area contributed by atoms with E-state index in [0.717, 1.165) is 22.4 Å². The van der Waals surface area contributed by atoms with E-state index in [2.05, 4.69) is 5.32 Å². The van der Waals surface area contributed by atoms with Crippen LogP contribution < -0.4 is 10.1 Å². The van der Waals surface area contributed by atoms with Crippen molar-refractivity contribution in [1.82, 2.24) is 5.32 Å². The Morgan fingerprint density at radius 1 is 1.22 bits per heavy atom. The zero-order valence-electron chi connectivity index (χ0n) is 16.4. The van der Waals surface area contributed by atoms with E-state index >= 15 is 0 Å². The van der Waals surface area contributed by atoms with Crippen molar-refractivity contribution in [3.8, 4) is 16.9 Å². The fourth-order valence-corrected chi connectivity index (χ4v) is 3.74. The second-order valence-electron chi connectivity index (χ2n) is 8.82. The van der Waals surface area contributed by atoms with Gasteiger partial charge in [0.15, 0.2) is 0 Å². The van der Waals surface area contributed by atoms with Crippen molar-refractivity contribution >= 4 is 6.09 Å². The van der Waals surface area contributed by atoms with Crippen molar-refractivity contribution in [3.05, 3.63) is 53.3 Å². The maximum Gasteiger partial charge on any atom is 0.405 e. The molecule has 1 atom stereocenters. The van der Waals surface area contributed by atoms with Crippen LogP contribution in [0.25, 0.3) is 11.1 Å². The zero-order valence-corrected chi connectivity index (χ0v) is 16.4. The molecule has 0 fully saturated rings. The third kappa shape index (κ3) is 4.07. The SMILES string of the molecule is CC(C)(C)Oc1ccc(-c2cc3c(cc2F)[C@H](NC(=O)O)C(C)(C)C3)cc1. The van der Waals surface area contributed by atoms with E-state index in [1.165, 1.54) is 6.07 Å². The average molecular weight is 371 g/mol. The standard InChI is InChI=1S/C22H26FNO3/c1-21(2,3)27-15-8-6-13(7-9-15)16-10-14-12-22(4,5)19(24-20(25)26)17(14)11-18(16)23/h6-11,19,24H,12H2,1-5H3,(H,25,26)/t19-/m0/s1. The van der Waals surface area contributed by atoms with Gasteiger partial charge in [0.05, 0.1) is 6.04 Å². The van der Waals surface area contributed by atoms with E-state index in [1.54, 1.807) is 0 Å². The number of hydrogen-bond donors (Lipinski definition) is 2. The van der Waals surface area contributed by atoms with Gasteiger partial charge in [0.1, 0.15) is 17.2 Å². The van der Waals surface area contributed by atoms with Crippen molar-refractivity contribution in [2.24, 2.45) is 5.41 Å². The van der Waals surface area contributed by atoms with Crippen molar-refractivity contribution in [2.75, 3.05) is 0 Å². The normalized spacial score (nSPS) is 18.1. The molecule has 27 heavy (non-hydrogen) atoms. The van der Waals surface area contributed by atoms with Crippen LogP contribution in [0.4, 0.5) is 9.18 Å². The predicted molar refractivity (Wildman–Crippen MR) is 104 cm³/mol. The Labute approximate surface area is 159 Å². The Kier molecular flexibility index (Phi) is 4.66. The van der Waals surface area contributed by atoms with Crippen LogP contribution in [0.2, 0.25) is 0 Å². The minimum atomic E-state index is -1.10. The van der Waals surface area contributed by atoms with Crippen LogP contribution in [0, 0.1) is 11.2 Å². The number of carboxylic acid groups (broad SMARTS) is 1. The lowest BCUT2D eigenvalue weighted by molar-refractivity contribution is 0.131. The first-order valence-electron chi connectivity index (χ1n) is 9.07. The van der Waals surface area contributed by atoms with E-state index in [0.29, 0.717) is 12.0 Å². The average Bonchev–Trinajstić information content (AvgIpc) is 2.76. The number of carbonyl (C=O) groups is 1. The summed E-state index contributed by atoms with van der Waals surface area (Å²) in [6.07, 6.45) is -0.411. The minimum absolute atomic E-state index is 0.294. The lowest BCUT2D eigenvalue weighted by Crippen LogP contribution is -2.34. The molecule has 0 aromatic heterocycles. The molecule has 0 aliphatic heterocycles. The van der Waals surface area contributed by atoms with Crippen LogP contribution in [-0.4, -0.2) is 16.8 Å². The smallest absolute Gasteiger partial charge is 0.405 e. The summed E-state index contributed by atoms with van der Waals surface area (Å²) >= 11 is 0. The minimum Gasteiger partial charge on any atom is -0.488 e. The van der Waals surface area contributed by atoms with Gasteiger partial charge in [-0.05, 0) is 73.6 Å². The molecule has 3 rings (SSSR count). The zero-order chi connectivity index (χ0) is 20.0. The summed E-state index contributed by atoms with van der Waals surface area (Å²) < 4.78 is 20.7. The maximum atomic E-state index is 14.9. The highest BCUT2D eigenvalue weighted by Crippen LogP contribution is 2.46. The van der Waals surface area contributed by atoms with Gasteiger partial charge in [0.25, 0.3) is 0 Å². The molecule has 5 heteroatoms. The molecule has 1 aliphatic rings. The van der Waals surface area contributed by atoms with Crippen molar-refractivity contribution in [2.45, 2.75) is 52.7 Å². The van der Waals surface area contributed by atoms with E-state index in [9.17, 15) is 9.18 Å². The molecule has 0 saturated heterocycles. The Bertz CT molecular complexity index is 866. The first-order valence-corrected chi connectivity index (χ1v) is 9.07. The number of benzene rings is 2. The highest BCUT2D eigenvalue weighted by molar-refractivity contribution is 5.69. The van der Waals surface area contributed by atoms with Crippen molar-refractivity contribution in [3.63, 3.8) is 0 Å². The number of fused-ring (bicyclic) bond motifs is 1. The molecule has 144 valence electrons. The Morgan fingerprint density at radius 2 is 1.85 bits per heavy atom. The number of amides is 1. The first kappa shape index (κ1) is 19.2. The van der Waals surface area contributed by atoms with Crippen molar-refractivity contribution in [1.29, 1.82) is 0 Å². The molecule has 2 aromatic rings. The van der Waals surface area contributed by atoms with Gasteiger partial charge in [-0.2, -0.15) is 0 Å². The largest absolute Gasteiger partial charge is 0.488 e. The highest BCUT2D eigenvalue weighted by atomic mass is 19.1. The van der Waals surface area contributed by atoms with Gasteiger partial charge in [0, 0.05) is 5.56 Å². The monoisotopic (exact) mass is 371 g/mol. The highest BCUT2D eigenvalue weighted by Gasteiger charge is 2.40. The van der Waals surface area contributed by atoms with E-state index in [-0.39, 0.29) is 16.8 Å². The lowest BCUT2D eigenvalue weighted by Gasteiger charge is -2.27. The molecule has 0 heterocycles. The number of ether oxygens (including phenoxy) is 1. The van der Waals surface area contributed by atoms with Gasteiger partial charge >= 0.3 is 6.09 Å². The Hall–Kier alpha value is -2.56. The second kappa shape index (κ2) is 6.55. The quantitative estimate of drug-likeness (QED) is 0.742. The van der Waals surface area contributed by atoms with Crippen LogP contribution in [0.15, 0.2) is 36.4 Å². The predicted octanol–water partition coefficient (Wildman–Crippen LogP) is 5.56. The molecule has 0 spiro atoms. The van der Waals surface area contributed by atoms with Crippen LogP contribution in [0.1, 0.15) is 51.8 Å². The molecule has 1 amide bonds. The number of nitrogens with one attached hydrogen (secondary N) is 1. The number of rotatable bonds is 3. The molecule has 0 radical (unpaired) electrons. The van der Waals surface area contributed by atoms with Gasteiger partial charge in [-0.3, -0.25) is 0 Å². The van der Waals surface area contributed by atoms with E-state index in [4.69, 9.17) is 9.84 Å². The molecule has 2 aromatic carbocycles. The van der Waals surface area contributed by atoms with Gasteiger partial charge in [-0.25, -0.2) is 9.18 Å². The van der Waals surface area contributed by atoms with Crippen molar-refractivity contribution < 1.29 is 19.0 Å². The Morgan fingerprint density at radius 3 is 2.41 bits per heavy atom. The molecule has 4 nitrogen and oxygen atoms in total. The van der Waals surface area contributed by atoms with E-state index in [1.807, 2.05) is 65.0 Å².